The molecule has 0 amide bonds. The molecule has 2 heterocycles. The molecule has 0 spiro atoms. The number of imidazole rings is 1. The minimum atomic E-state index is 0.590. The highest BCUT2D eigenvalue weighted by Gasteiger charge is 2.02. The van der Waals surface area contributed by atoms with E-state index in [1.54, 1.807) is 7.05 Å². The van der Waals surface area contributed by atoms with E-state index < -0.39 is 0 Å². The highest BCUT2D eigenvalue weighted by atomic mass is 16.5. The molecule has 2 aromatic heterocycles. The first-order valence-electron chi connectivity index (χ1n) is 8.64. The summed E-state index contributed by atoms with van der Waals surface area (Å²) in [7, 11) is 1.79. The summed E-state index contributed by atoms with van der Waals surface area (Å²) in [4.78, 5) is 8.83. The van der Waals surface area contributed by atoms with Crippen LogP contribution >= 0.6 is 0 Å². The van der Waals surface area contributed by atoms with E-state index >= 15 is 0 Å². The van der Waals surface area contributed by atoms with E-state index in [4.69, 9.17) is 4.74 Å². The van der Waals surface area contributed by atoms with Gasteiger partial charge in [0, 0.05) is 52.2 Å². The summed E-state index contributed by atoms with van der Waals surface area (Å²) in [6.07, 6.45) is 5.92. The Hall–Kier alpha value is -2.08. The largest absolute Gasteiger partial charge is 0.381 e. The maximum absolute atomic E-state index is 5.57. The predicted molar refractivity (Wildman–Crippen MR) is 98.5 cm³/mol. The molecular formula is C18H29N5O. The van der Waals surface area contributed by atoms with Gasteiger partial charge in [-0.05, 0) is 24.5 Å². The summed E-state index contributed by atoms with van der Waals surface area (Å²) in [5.74, 6) is 1.41. The predicted octanol–water partition coefficient (Wildman–Crippen LogP) is 2.10. The quantitative estimate of drug-likeness (QED) is 0.420. The van der Waals surface area contributed by atoms with Crippen LogP contribution in [0, 0.1) is 5.92 Å². The van der Waals surface area contributed by atoms with Crippen LogP contribution in [0.4, 0.5) is 0 Å². The van der Waals surface area contributed by atoms with Crippen LogP contribution in [-0.2, 0) is 11.2 Å². The van der Waals surface area contributed by atoms with Gasteiger partial charge in [-0.2, -0.15) is 0 Å². The van der Waals surface area contributed by atoms with Crippen molar-refractivity contribution in [2.75, 3.05) is 33.4 Å². The average Bonchev–Trinajstić information content (AvgIpc) is 2.98. The zero-order chi connectivity index (χ0) is 17.2. The highest BCUT2D eigenvalue weighted by Crippen LogP contribution is 2.04. The maximum atomic E-state index is 5.57. The molecule has 0 aromatic carbocycles. The highest BCUT2D eigenvalue weighted by molar-refractivity contribution is 5.79. The van der Waals surface area contributed by atoms with Crippen LogP contribution in [0.3, 0.4) is 0 Å². The molecule has 0 atom stereocenters. The number of guanidine groups is 1. The molecule has 0 aliphatic carbocycles. The molecule has 0 unspecified atom stereocenters. The topological polar surface area (TPSA) is 63.0 Å². The van der Waals surface area contributed by atoms with E-state index in [0.29, 0.717) is 5.92 Å². The molecule has 2 aromatic rings. The van der Waals surface area contributed by atoms with Crippen LogP contribution in [-0.4, -0.2) is 48.7 Å². The number of aliphatic imine (C=N–C) groups is 1. The van der Waals surface area contributed by atoms with Gasteiger partial charge in [0.05, 0.1) is 5.69 Å². The van der Waals surface area contributed by atoms with Crippen LogP contribution < -0.4 is 10.6 Å². The van der Waals surface area contributed by atoms with Gasteiger partial charge in [-0.3, -0.25) is 4.99 Å². The minimum Gasteiger partial charge on any atom is -0.381 e. The minimum absolute atomic E-state index is 0.590. The number of rotatable bonds is 9. The lowest BCUT2D eigenvalue weighted by Gasteiger charge is -2.12. The van der Waals surface area contributed by atoms with E-state index in [0.717, 1.165) is 56.4 Å². The van der Waals surface area contributed by atoms with Gasteiger partial charge in [0.25, 0.3) is 0 Å². The molecule has 0 aliphatic rings. The van der Waals surface area contributed by atoms with E-state index in [-0.39, 0.29) is 0 Å². The fraction of sp³-hybridized carbons (Fsp3) is 0.556. The monoisotopic (exact) mass is 331 g/mol. The fourth-order valence-corrected chi connectivity index (χ4v) is 2.34. The Morgan fingerprint density at radius 1 is 1.29 bits per heavy atom. The summed E-state index contributed by atoms with van der Waals surface area (Å²) >= 11 is 0. The number of nitrogens with zero attached hydrogens (tertiary/aromatic N) is 3. The number of pyridine rings is 1. The van der Waals surface area contributed by atoms with Crippen molar-refractivity contribution in [3.63, 3.8) is 0 Å². The molecule has 2 rings (SSSR count). The Morgan fingerprint density at radius 3 is 2.88 bits per heavy atom. The summed E-state index contributed by atoms with van der Waals surface area (Å²) in [6.45, 7) is 7.58. The number of hydrogen-bond donors (Lipinski definition) is 2. The van der Waals surface area contributed by atoms with E-state index in [1.807, 2.05) is 28.8 Å². The number of ether oxygens (including phenoxy) is 1. The number of aromatic nitrogens is 2. The Bertz CT molecular complexity index is 602. The Labute approximate surface area is 144 Å². The van der Waals surface area contributed by atoms with Crippen LogP contribution in [0.1, 0.15) is 26.0 Å². The Kier molecular flexibility index (Phi) is 7.55. The first-order chi connectivity index (χ1) is 11.7. The lowest BCUT2D eigenvalue weighted by atomic mass is 10.2. The van der Waals surface area contributed by atoms with E-state index in [1.165, 1.54) is 0 Å². The van der Waals surface area contributed by atoms with Gasteiger partial charge in [0.1, 0.15) is 5.65 Å². The standard InChI is InChI=1S/C18H29N5O/c1-15(2)14-24-12-6-9-20-18(19-3)21-10-8-16-13-23-11-5-4-7-17(23)22-16/h4-5,7,11,13,15H,6,8-10,12,14H2,1-3H3,(H2,19,20,21). The lowest BCUT2D eigenvalue weighted by Crippen LogP contribution is -2.39. The van der Waals surface area contributed by atoms with Crippen molar-refractivity contribution in [1.82, 2.24) is 20.0 Å². The lowest BCUT2D eigenvalue weighted by molar-refractivity contribution is 0.108. The molecular weight excluding hydrogens is 302 g/mol. The van der Waals surface area contributed by atoms with Crippen molar-refractivity contribution in [3.05, 3.63) is 36.3 Å². The number of hydrogen-bond acceptors (Lipinski definition) is 3. The molecule has 132 valence electrons. The summed E-state index contributed by atoms with van der Waals surface area (Å²) in [5, 5.41) is 6.62. The summed E-state index contributed by atoms with van der Waals surface area (Å²) in [6, 6.07) is 6.02. The average molecular weight is 331 g/mol. The second kappa shape index (κ2) is 9.93. The van der Waals surface area contributed by atoms with Crippen molar-refractivity contribution < 1.29 is 4.74 Å². The van der Waals surface area contributed by atoms with Crippen molar-refractivity contribution in [2.45, 2.75) is 26.7 Å². The molecule has 0 fully saturated rings. The van der Waals surface area contributed by atoms with Crippen molar-refractivity contribution in [2.24, 2.45) is 10.9 Å². The molecule has 6 nitrogen and oxygen atoms in total. The number of fused-ring (bicyclic) bond motifs is 1. The zero-order valence-corrected chi connectivity index (χ0v) is 15.0. The van der Waals surface area contributed by atoms with Crippen molar-refractivity contribution in [1.29, 1.82) is 0 Å². The molecule has 24 heavy (non-hydrogen) atoms. The van der Waals surface area contributed by atoms with Crippen LogP contribution in [0.25, 0.3) is 5.65 Å². The van der Waals surface area contributed by atoms with Gasteiger partial charge in [-0.1, -0.05) is 19.9 Å². The second-order valence-corrected chi connectivity index (χ2v) is 6.20. The molecule has 0 bridgehead atoms. The summed E-state index contributed by atoms with van der Waals surface area (Å²) < 4.78 is 7.61. The van der Waals surface area contributed by atoms with Gasteiger partial charge in [-0.15, -0.1) is 0 Å². The zero-order valence-electron chi connectivity index (χ0n) is 15.0. The Balaban J connectivity index is 1.63. The SMILES string of the molecule is CN=C(NCCCOCC(C)C)NCCc1cn2ccccc2n1. The van der Waals surface area contributed by atoms with Gasteiger partial charge < -0.3 is 19.8 Å². The van der Waals surface area contributed by atoms with E-state index in [2.05, 4.69) is 40.7 Å². The molecule has 2 N–H and O–H groups in total. The molecule has 0 radical (unpaired) electrons. The van der Waals surface area contributed by atoms with Crippen molar-refractivity contribution in [3.8, 4) is 0 Å². The van der Waals surface area contributed by atoms with Crippen LogP contribution in [0.5, 0.6) is 0 Å². The number of nitrogens with one attached hydrogen (secondary N) is 2. The molecule has 0 aliphatic heterocycles. The normalized spacial score (nSPS) is 12.1. The summed E-state index contributed by atoms with van der Waals surface area (Å²) in [5.41, 5.74) is 2.06. The van der Waals surface area contributed by atoms with Crippen LogP contribution in [0.15, 0.2) is 35.6 Å². The third-order valence-corrected chi connectivity index (χ3v) is 3.52. The first-order valence-corrected chi connectivity index (χ1v) is 8.64. The van der Waals surface area contributed by atoms with Crippen LogP contribution in [0.2, 0.25) is 0 Å². The maximum Gasteiger partial charge on any atom is 0.190 e. The van der Waals surface area contributed by atoms with Crippen molar-refractivity contribution >= 4 is 11.6 Å². The van der Waals surface area contributed by atoms with Gasteiger partial charge >= 0.3 is 0 Å². The fourth-order valence-electron chi connectivity index (χ4n) is 2.34. The third kappa shape index (κ3) is 6.20. The Morgan fingerprint density at radius 2 is 2.12 bits per heavy atom. The molecule has 0 saturated heterocycles. The van der Waals surface area contributed by atoms with E-state index in [9.17, 15) is 0 Å². The third-order valence-electron chi connectivity index (χ3n) is 3.52. The molecule has 6 heteroatoms. The van der Waals surface area contributed by atoms with Gasteiger partial charge in [0.15, 0.2) is 5.96 Å². The second-order valence-electron chi connectivity index (χ2n) is 6.20. The first kappa shape index (κ1) is 18.3. The smallest absolute Gasteiger partial charge is 0.190 e. The molecule has 0 saturated carbocycles. The van der Waals surface area contributed by atoms with Gasteiger partial charge in [0.2, 0.25) is 0 Å². The van der Waals surface area contributed by atoms with Gasteiger partial charge in [-0.25, -0.2) is 4.98 Å².